The van der Waals surface area contributed by atoms with E-state index in [2.05, 4.69) is 29.9 Å². The van der Waals surface area contributed by atoms with Crippen molar-refractivity contribution < 1.29 is 82.9 Å². The molecule has 15 nitrogen and oxygen atoms in total. The van der Waals surface area contributed by atoms with Crippen LogP contribution in [0.1, 0.15) is 0 Å². The fourth-order valence-corrected chi connectivity index (χ4v) is 3.50. The minimum absolute atomic E-state index is 0. The van der Waals surface area contributed by atoms with E-state index in [0.717, 1.165) is 45.6 Å². The van der Waals surface area contributed by atoms with E-state index in [-0.39, 0.29) is 44.4 Å². The molecule has 0 spiro atoms. The summed E-state index contributed by atoms with van der Waals surface area (Å²) in [6.07, 6.45) is 7.07. The van der Waals surface area contributed by atoms with Gasteiger partial charge in [-0.15, -0.1) is 0 Å². The SMILES string of the molecule is O.O=P(O)(O)O.O=P(O)(O)O.[Ru].[Ru].c1ccc(-c2cccc(-c3ccccn3)n2)nc1.c1ccc(-c2cccc(-c3ccccn3)n2)nc1. The van der Waals surface area contributed by atoms with E-state index in [1.807, 2.05) is 109 Å². The van der Waals surface area contributed by atoms with Gasteiger partial charge in [0.25, 0.3) is 0 Å². The minimum Gasteiger partial charge on any atom is -0.412 e. The normalized spacial score (nSPS) is 9.92. The number of phosphoric acid groups is 2. The molecule has 0 radical (unpaired) electrons. The van der Waals surface area contributed by atoms with E-state index < -0.39 is 15.6 Å². The fourth-order valence-electron chi connectivity index (χ4n) is 3.50. The first-order valence-electron chi connectivity index (χ1n) is 13.0. The summed E-state index contributed by atoms with van der Waals surface area (Å²) in [4.78, 5) is 69.5. The zero-order valence-corrected chi connectivity index (χ0v) is 30.3. The van der Waals surface area contributed by atoms with Crippen molar-refractivity contribution in [2.75, 3.05) is 0 Å². The third kappa shape index (κ3) is 19.2. The van der Waals surface area contributed by atoms with Gasteiger partial charge in [0.2, 0.25) is 0 Å². The Balaban J connectivity index is 0.000000707. The van der Waals surface area contributed by atoms with Crippen LogP contribution in [0.5, 0.6) is 0 Å². The third-order valence-electron chi connectivity index (χ3n) is 5.21. The number of nitrogens with zero attached hydrogens (tertiary/aromatic N) is 6. The van der Waals surface area contributed by atoms with Crippen molar-refractivity contribution in [3.05, 3.63) is 134 Å². The van der Waals surface area contributed by atoms with Crippen molar-refractivity contribution in [2.45, 2.75) is 0 Å². The molecule has 8 N–H and O–H groups in total. The van der Waals surface area contributed by atoms with Crippen LogP contribution < -0.4 is 0 Å². The van der Waals surface area contributed by atoms with E-state index in [1.54, 1.807) is 24.8 Å². The van der Waals surface area contributed by atoms with E-state index >= 15 is 0 Å². The first-order chi connectivity index (χ1) is 21.9. The number of pyridine rings is 6. The van der Waals surface area contributed by atoms with Crippen LogP contribution in [0, 0.1) is 0 Å². The van der Waals surface area contributed by atoms with Crippen molar-refractivity contribution in [3.8, 4) is 45.6 Å². The van der Waals surface area contributed by atoms with Crippen LogP contribution in [-0.4, -0.2) is 64.7 Å². The van der Waals surface area contributed by atoms with Gasteiger partial charge in [0, 0.05) is 63.7 Å². The van der Waals surface area contributed by atoms with Gasteiger partial charge < -0.3 is 34.8 Å². The van der Waals surface area contributed by atoms with Gasteiger partial charge in [-0.05, 0) is 72.8 Å². The Morgan fingerprint density at radius 1 is 0.347 bits per heavy atom. The molecule has 6 heterocycles. The first kappa shape index (κ1) is 45.3. The zero-order chi connectivity index (χ0) is 33.4. The Labute approximate surface area is 306 Å². The number of hydrogen-bond donors (Lipinski definition) is 6. The molecule has 6 rings (SSSR count). The second-order valence-electron chi connectivity index (χ2n) is 8.70. The maximum absolute atomic E-state index is 8.88. The molecular formula is C30H30N6O9P2Ru2. The maximum Gasteiger partial charge on any atom is 0.466 e. The molecule has 0 amide bonds. The molecule has 0 aliphatic rings. The van der Waals surface area contributed by atoms with Crippen molar-refractivity contribution in [1.29, 1.82) is 0 Å². The van der Waals surface area contributed by atoms with Gasteiger partial charge in [-0.2, -0.15) is 0 Å². The average molecular weight is 883 g/mol. The summed E-state index contributed by atoms with van der Waals surface area (Å²) in [6.45, 7) is 0. The molecule has 0 saturated carbocycles. The van der Waals surface area contributed by atoms with E-state index in [0.29, 0.717) is 0 Å². The predicted molar refractivity (Wildman–Crippen MR) is 174 cm³/mol. The monoisotopic (exact) mass is 884 g/mol. The van der Waals surface area contributed by atoms with Crippen LogP contribution in [0.25, 0.3) is 45.6 Å². The van der Waals surface area contributed by atoms with Gasteiger partial charge in [0.1, 0.15) is 0 Å². The fraction of sp³-hybridized carbons (Fsp3) is 0. The zero-order valence-electron chi connectivity index (χ0n) is 25.0. The van der Waals surface area contributed by atoms with Crippen LogP contribution in [-0.2, 0) is 48.1 Å². The van der Waals surface area contributed by atoms with Gasteiger partial charge in [0.15, 0.2) is 0 Å². The standard InChI is InChI=1S/2C15H11N3.2H3O4P.H2O.2Ru/c2*1-3-10-16-12(6-1)14-8-5-9-15(18-14)13-7-2-4-11-17-13;2*1-5(2,3)4;;;/h2*1-11H;2*(H3,1,2,3,4);1H2;;. The molecule has 19 heteroatoms. The van der Waals surface area contributed by atoms with E-state index in [9.17, 15) is 0 Å². The minimum atomic E-state index is -4.64. The Morgan fingerprint density at radius 3 is 0.694 bits per heavy atom. The summed E-state index contributed by atoms with van der Waals surface area (Å²) in [5.74, 6) is 0. The molecule has 0 atom stereocenters. The second-order valence-corrected chi connectivity index (χ2v) is 10.8. The molecule has 0 aliphatic heterocycles. The molecule has 6 aromatic heterocycles. The molecule has 6 aromatic rings. The van der Waals surface area contributed by atoms with E-state index in [4.69, 9.17) is 38.5 Å². The van der Waals surface area contributed by atoms with Gasteiger partial charge in [0.05, 0.1) is 45.6 Å². The average Bonchev–Trinajstić information content (AvgIpc) is 3.05. The molecular weight excluding hydrogens is 852 g/mol. The Morgan fingerprint density at radius 2 is 0.531 bits per heavy atom. The summed E-state index contributed by atoms with van der Waals surface area (Å²) in [7, 11) is -9.28. The van der Waals surface area contributed by atoms with Crippen molar-refractivity contribution in [1.82, 2.24) is 29.9 Å². The summed E-state index contributed by atoms with van der Waals surface area (Å²) < 4.78 is 17.8. The Kier molecular flexibility index (Phi) is 21.2. The predicted octanol–water partition coefficient (Wildman–Crippen LogP) is 3.72. The molecule has 0 bridgehead atoms. The summed E-state index contributed by atoms with van der Waals surface area (Å²) in [6, 6.07) is 35.0. The van der Waals surface area contributed by atoms with Crippen LogP contribution in [0.2, 0.25) is 0 Å². The van der Waals surface area contributed by atoms with Crippen molar-refractivity contribution >= 4 is 15.6 Å². The molecule has 0 unspecified atom stereocenters. The number of rotatable bonds is 4. The first-order valence-corrected chi connectivity index (χ1v) is 16.2. The summed E-state index contributed by atoms with van der Waals surface area (Å²) in [5.41, 5.74) is 6.92. The Hall–Kier alpha value is -3.67. The van der Waals surface area contributed by atoms with Crippen LogP contribution in [0.15, 0.2) is 134 Å². The topological polar surface area (TPSA) is 264 Å². The van der Waals surface area contributed by atoms with Crippen LogP contribution >= 0.6 is 15.6 Å². The van der Waals surface area contributed by atoms with E-state index in [1.165, 1.54) is 0 Å². The van der Waals surface area contributed by atoms with Crippen molar-refractivity contribution in [2.24, 2.45) is 0 Å². The third-order valence-corrected chi connectivity index (χ3v) is 5.21. The number of hydrogen-bond acceptors (Lipinski definition) is 8. The smallest absolute Gasteiger partial charge is 0.412 e. The summed E-state index contributed by atoms with van der Waals surface area (Å²) >= 11 is 0. The van der Waals surface area contributed by atoms with Crippen LogP contribution in [0.4, 0.5) is 0 Å². The molecule has 0 saturated heterocycles. The largest absolute Gasteiger partial charge is 0.466 e. The second kappa shape index (κ2) is 22.9. The van der Waals surface area contributed by atoms with Gasteiger partial charge in [-0.25, -0.2) is 19.1 Å². The molecule has 49 heavy (non-hydrogen) atoms. The van der Waals surface area contributed by atoms with Gasteiger partial charge >= 0.3 is 15.6 Å². The summed E-state index contributed by atoms with van der Waals surface area (Å²) in [5, 5.41) is 0. The maximum atomic E-state index is 8.88. The molecule has 0 aliphatic carbocycles. The molecule has 0 fully saturated rings. The van der Waals surface area contributed by atoms with Crippen LogP contribution in [0.3, 0.4) is 0 Å². The molecule has 0 aromatic carbocycles. The van der Waals surface area contributed by atoms with Gasteiger partial charge in [-0.3, -0.25) is 19.9 Å². The molecule has 260 valence electrons. The van der Waals surface area contributed by atoms with Crippen molar-refractivity contribution in [3.63, 3.8) is 0 Å². The number of aromatic nitrogens is 6. The van der Waals surface area contributed by atoms with Gasteiger partial charge in [-0.1, -0.05) is 36.4 Å². The Bertz CT molecular complexity index is 1620. The quantitative estimate of drug-likeness (QED) is 0.109.